The van der Waals surface area contributed by atoms with Gasteiger partial charge in [0, 0.05) is 19.4 Å². The molecule has 1 aliphatic heterocycles. The third kappa shape index (κ3) is 8.10. The number of hydrogen-bond donors (Lipinski definition) is 1. The average molecular weight is 429 g/mol. The highest BCUT2D eigenvalue weighted by Crippen LogP contribution is 2.42. The van der Waals surface area contributed by atoms with E-state index in [0.717, 1.165) is 32.3 Å². The molecule has 3 atom stereocenters. The monoisotopic (exact) mass is 428 g/mol. The minimum Gasteiger partial charge on any atom is -0.416 e. The van der Waals surface area contributed by atoms with Gasteiger partial charge in [-0.05, 0) is 56.2 Å². The SMILES string of the molecule is C=CC[C@@H](O)C[C@@H]1C[C@@H](CCCCO[Si](C(C)C)(C(C)C)C(C)C)OC(C)(C)O1. The van der Waals surface area contributed by atoms with E-state index in [1.54, 1.807) is 6.08 Å². The average Bonchev–Trinajstić information content (AvgIpc) is 2.55. The van der Waals surface area contributed by atoms with Crippen molar-refractivity contribution in [2.45, 2.75) is 135 Å². The topological polar surface area (TPSA) is 47.9 Å². The van der Waals surface area contributed by atoms with E-state index in [-0.39, 0.29) is 18.3 Å². The summed E-state index contributed by atoms with van der Waals surface area (Å²) < 4.78 is 18.9. The Morgan fingerprint density at radius 3 is 2.10 bits per heavy atom. The van der Waals surface area contributed by atoms with Crippen molar-refractivity contribution >= 4 is 8.32 Å². The Kier molecular flexibility index (Phi) is 11.1. The Hall–Kier alpha value is -0.203. The van der Waals surface area contributed by atoms with Crippen LogP contribution in [0.5, 0.6) is 0 Å². The van der Waals surface area contributed by atoms with E-state index in [2.05, 4.69) is 48.1 Å². The number of rotatable bonds is 13. The fourth-order valence-electron chi connectivity index (χ4n) is 5.36. The predicted octanol–water partition coefficient (Wildman–Crippen LogP) is 6.59. The third-order valence-electron chi connectivity index (χ3n) is 6.38. The zero-order valence-corrected chi connectivity index (χ0v) is 21.4. The summed E-state index contributed by atoms with van der Waals surface area (Å²) in [5.74, 6) is -0.590. The van der Waals surface area contributed by atoms with Crippen LogP contribution in [0.4, 0.5) is 0 Å². The highest BCUT2D eigenvalue weighted by atomic mass is 28.4. The highest BCUT2D eigenvalue weighted by molar-refractivity contribution is 6.77. The van der Waals surface area contributed by atoms with Crippen LogP contribution in [0.15, 0.2) is 12.7 Å². The maximum absolute atomic E-state index is 10.1. The summed E-state index contributed by atoms with van der Waals surface area (Å²) in [4.78, 5) is 0. The van der Waals surface area contributed by atoms with Gasteiger partial charge in [-0.3, -0.25) is 0 Å². The molecule has 0 unspecified atom stereocenters. The number of hydrogen-bond acceptors (Lipinski definition) is 4. The maximum Gasteiger partial charge on any atom is 0.200 e. The van der Waals surface area contributed by atoms with Crippen molar-refractivity contribution in [3.8, 4) is 0 Å². The van der Waals surface area contributed by atoms with E-state index in [1.807, 2.05) is 13.8 Å². The number of aliphatic hydroxyl groups is 1. The second-order valence-electron chi connectivity index (χ2n) is 10.2. The van der Waals surface area contributed by atoms with Gasteiger partial charge in [-0.2, -0.15) is 0 Å². The molecule has 0 spiro atoms. The molecule has 0 aromatic rings. The van der Waals surface area contributed by atoms with E-state index in [1.165, 1.54) is 0 Å². The second kappa shape index (κ2) is 12.0. The van der Waals surface area contributed by atoms with E-state index < -0.39 is 14.1 Å². The Morgan fingerprint density at radius 2 is 1.59 bits per heavy atom. The zero-order valence-electron chi connectivity index (χ0n) is 20.4. The molecule has 0 radical (unpaired) electrons. The Bertz CT molecular complexity index is 454. The van der Waals surface area contributed by atoms with Gasteiger partial charge in [-0.15, -0.1) is 6.58 Å². The Balaban J connectivity index is 2.50. The summed E-state index contributed by atoms with van der Waals surface area (Å²) in [5, 5.41) is 10.1. The summed E-state index contributed by atoms with van der Waals surface area (Å²) in [6.07, 6.45) is 6.89. The minimum atomic E-state index is -1.76. The molecule has 1 heterocycles. The van der Waals surface area contributed by atoms with Crippen LogP contribution in [-0.4, -0.2) is 44.1 Å². The van der Waals surface area contributed by atoms with Crippen molar-refractivity contribution in [2.75, 3.05) is 6.61 Å². The summed E-state index contributed by atoms with van der Waals surface area (Å²) in [7, 11) is -1.76. The Labute approximate surface area is 181 Å². The van der Waals surface area contributed by atoms with Crippen molar-refractivity contribution in [2.24, 2.45) is 0 Å². The number of aliphatic hydroxyl groups excluding tert-OH is 1. The van der Waals surface area contributed by atoms with Crippen LogP contribution in [0, 0.1) is 0 Å². The lowest BCUT2D eigenvalue weighted by Gasteiger charge is -2.42. The molecule has 1 saturated heterocycles. The van der Waals surface area contributed by atoms with Crippen molar-refractivity contribution in [3.05, 3.63) is 12.7 Å². The lowest BCUT2D eigenvalue weighted by molar-refractivity contribution is -0.303. The first-order chi connectivity index (χ1) is 13.4. The molecule has 0 aromatic heterocycles. The van der Waals surface area contributed by atoms with Crippen molar-refractivity contribution in [3.63, 3.8) is 0 Å². The molecule has 1 aliphatic rings. The largest absolute Gasteiger partial charge is 0.416 e. The first kappa shape index (κ1) is 26.8. The smallest absolute Gasteiger partial charge is 0.200 e. The van der Waals surface area contributed by atoms with E-state index in [9.17, 15) is 5.11 Å². The van der Waals surface area contributed by atoms with Gasteiger partial charge in [-0.25, -0.2) is 0 Å². The van der Waals surface area contributed by atoms with Crippen molar-refractivity contribution in [1.29, 1.82) is 0 Å². The third-order valence-corrected chi connectivity index (χ3v) is 12.5. The Morgan fingerprint density at radius 1 is 1.03 bits per heavy atom. The van der Waals surface area contributed by atoms with Crippen molar-refractivity contribution < 1.29 is 19.0 Å². The molecule has 0 aromatic carbocycles. The molecule has 1 rings (SSSR count). The molecule has 1 fully saturated rings. The highest BCUT2D eigenvalue weighted by Gasteiger charge is 2.44. The van der Waals surface area contributed by atoms with Crippen LogP contribution in [-0.2, 0) is 13.9 Å². The van der Waals surface area contributed by atoms with Gasteiger partial charge in [0.1, 0.15) is 0 Å². The van der Waals surface area contributed by atoms with E-state index in [0.29, 0.717) is 29.5 Å². The lowest BCUT2D eigenvalue weighted by atomic mass is 9.98. The first-order valence-corrected chi connectivity index (χ1v) is 13.9. The van der Waals surface area contributed by atoms with Gasteiger partial charge in [0.25, 0.3) is 0 Å². The predicted molar refractivity (Wildman–Crippen MR) is 125 cm³/mol. The standard InChI is InChI=1S/C24H48O4Si/c1-10-13-21(25)16-23-17-22(27-24(8,9)28-23)14-11-12-15-26-29(18(2)3,19(4)5)20(6)7/h10,18-23,25H,1,11-17H2,2-9H3/t21-,22-,23-/m1/s1. The zero-order chi connectivity index (χ0) is 22.2. The van der Waals surface area contributed by atoms with Crippen LogP contribution in [0.3, 0.4) is 0 Å². The number of unbranched alkanes of at least 4 members (excludes halogenated alkanes) is 1. The first-order valence-electron chi connectivity index (χ1n) is 11.7. The lowest BCUT2D eigenvalue weighted by Crippen LogP contribution is -2.48. The molecule has 29 heavy (non-hydrogen) atoms. The van der Waals surface area contributed by atoms with Gasteiger partial charge in [0.2, 0.25) is 0 Å². The summed E-state index contributed by atoms with van der Waals surface area (Å²) in [5.41, 5.74) is 1.89. The molecule has 5 heteroatoms. The molecular formula is C24H48O4Si. The van der Waals surface area contributed by atoms with E-state index >= 15 is 0 Å². The fraction of sp³-hybridized carbons (Fsp3) is 0.917. The molecule has 172 valence electrons. The number of ether oxygens (including phenoxy) is 2. The van der Waals surface area contributed by atoms with Crippen LogP contribution >= 0.6 is 0 Å². The molecular weight excluding hydrogens is 380 g/mol. The van der Waals surface area contributed by atoms with Crippen LogP contribution in [0.2, 0.25) is 16.6 Å². The molecule has 0 aliphatic carbocycles. The fourth-order valence-corrected chi connectivity index (χ4v) is 10.9. The minimum absolute atomic E-state index is 0.0397. The van der Waals surface area contributed by atoms with Gasteiger partial charge in [0.15, 0.2) is 14.1 Å². The van der Waals surface area contributed by atoms with Gasteiger partial charge in [-0.1, -0.05) is 47.6 Å². The second-order valence-corrected chi connectivity index (χ2v) is 15.7. The van der Waals surface area contributed by atoms with Gasteiger partial charge in [0.05, 0.1) is 18.3 Å². The van der Waals surface area contributed by atoms with Crippen molar-refractivity contribution in [1.82, 2.24) is 0 Å². The van der Waals surface area contributed by atoms with Crippen LogP contribution < -0.4 is 0 Å². The molecule has 0 saturated carbocycles. The quantitative estimate of drug-likeness (QED) is 0.204. The molecule has 0 bridgehead atoms. The summed E-state index contributed by atoms with van der Waals surface area (Å²) in [6.45, 7) is 22.5. The summed E-state index contributed by atoms with van der Waals surface area (Å²) >= 11 is 0. The van der Waals surface area contributed by atoms with Crippen LogP contribution in [0.1, 0.15) is 93.9 Å². The molecule has 0 amide bonds. The normalized spacial score (nSPS) is 23.7. The molecule has 1 N–H and O–H groups in total. The van der Waals surface area contributed by atoms with Gasteiger partial charge >= 0.3 is 0 Å². The van der Waals surface area contributed by atoms with Crippen LogP contribution in [0.25, 0.3) is 0 Å². The molecule has 4 nitrogen and oxygen atoms in total. The van der Waals surface area contributed by atoms with Gasteiger partial charge < -0.3 is 19.0 Å². The summed E-state index contributed by atoms with van der Waals surface area (Å²) in [6, 6.07) is 0. The van der Waals surface area contributed by atoms with E-state index in [4.69, 9.17) is 13.9 Å². The maximum atomic E-state index is 10.1.